The summed E-state index contributed by atoms with van der Waals surface area (Å²) < 4.78 is 4.70. The highest BCUT2D eigenvalue weighted by Crippen LogP contribution is 2.24. The maximum atomic E-state index is 8.37. The fraction of sp³-hybridized carbons (Fsp3) is 0. The Morgan fingerprint density at radius 2 is 2.54 bits per heavy atom. The van der Waals surface area contributed by atoms with Gasteiger partial charge in [0.05, 0.1) is 5.51 Å². The molecular formula is C6H3N5OS. The summed E-state index contributed by atoms with van der Waals surface area (Å²) >= 11 is 1.43. The molecule has 64 valence electrons. The standard InChI is InChI=1S/C6H3N5OS/c7-2-8-6-5(10-11-12-6)4-1-13-3-9-4/h1,3,8H. The Kier molecular flexibility index (Phi) is 1.90. The van der Waals surface area contributed by atoms with Crippen LogP contribution in [0.4, 0.5) is 5.88 Å². The molecule has 0 aliphatic rings. The molecule has 2 rings (SSSR count). The van der Waals surface area contributed by atoms with Crippen LogP contribution in [0.25, 0.3) is 11.4 Å². The summed E-state index contributed by atoms with van der Waals surface area (Å²) in [7, 11) is 0. The molecule has 0 bridgehead atoms. The van der Waals surface area contributed by atoms with E-state index in [0.717, 1.165) is 0 Å². The molecule has 2 aromatic heterocycles. The first kappa shape index (κ1) is 7.70. The maximum absolute atomic E-state index is 8.37. The van der Waals surface area contributed by atoms with Gasteiger partial charge in [-0.2, -0.15) is 5.26 Å². The third kappa shape index (κ3) is 1.34. The van der Waals surface area contributed by atoms with Crippen LogP contribution in [0.5, 0.6) is 0 Å². The quantitative estimate of drug-likeness (QED) is 0.567. The number of aromatic nitrogens is 3. The number of hydrogen-bond donors (Lipinski definition) is 1. The number of nitriles is 1. The third-order valence-electron chi connectivity index (χ3n) is 1.33. The van der Waals surface area contributed by atoms with Crippen LogP contribution in [-0.4, -0.2) is 15.4 Å². The van der Waals surface area contributed by atoms with Crippen molar-refractivity contribution in [2.24, 2.45) is 0 Å². The van der Waals surface area contributed by atoms with Crippen molar-refractivity contribution in [3.8, 4) is 17.6 Å². The van der Waals surface area contributed by atoms with Gasteiger partial charge in [0.1, 0.15) is 5.69 Å². The fourth-order valence-electron chi connectivity index (χ4n) is 0.821. The van der Waals surface area contributed by atoms with Crippen LogP contribution in [0, 0.1) is 11.5 Å². The molecule has 0 radical (unpaired) electrons. The molecule has 0 unspecified atom stereocenters. The summed E-state index contributed by atoms with van der Waals surface area (Å²) in [5, 5.41) is 19.5. The second kappa shape index (κ2) is 3.20. The largest absolute Gasteiger partial charge is 0.317 e. The number of hydrogen-bond acceptors (Lipinski definition) is 7. The van der Waals surface area contributed by atoms with Crippen molar-refractivity contribution in [2.75, 3.05) is 5.32 Å². The molecule has 7 heteroatoms. The lowest BCUT2D eigenvalue weighted by Crippen LogP contribution is -1.88. The van der Waals surface area contributed by atoms with E-state index in [1.807, 2.05) is 0 Å². The molecule has 0 aromatic carbocycles. The van der Waals surface area contributed by atoms with Crippen molar-refractivity contribution in [2.45, 2.75) is 0 Å². The summed E-state index contributed by atoms with van der Waals surface area (Å²) in [6.45, 7) is 0. The van der Waals surface area contributed by atoms with E-state index in [2.05, 4.69) is 20.7 Å². The lowest BCUT2D eigenvalue weighted by Gasteiger charge is -1.89. The Morgan fingerprint density at radius 1 is 1.62 bits per heavy atom. The number of thiazole rings is 1. The Morgan fingerprint density at radius 3 is 3.23 bits per heavy atom. The Labute approximate surface area is 76.8 Å². The van der Waals surface area contributed by atoms with E-state index in [4.69, 9.17) is 9.78 Å². The zero-order chi connectivity index (χ0) is 9.10. The molecule has 0 spiro atoms. The predicted octanol–water partition coefficient (Wildman–Crippen LogP) is 1.09. The van der Waals surface area contributed by atoms with Crippen molar-refractivity contribution in [3.63, 3.8) is 0 Å². The average Bonchev–Trinajstić information content (AvgIpc) is 2.71. The second-order valence-electron chi connectivity index (χ2n) is 2.06. The smallest absolute Gasteiger partial charge is 0.268 e. The molecule has 2 heterocycles. The van der Waals surface area contributed by atoms with Gasteiger partial charge in [0.15, 0.2) is 11.9 Å². The topological polar surface area (TPSA) is 87.6 Å². The van der Waals surface area contributed by atoms with Crippen molar-refractivity contribution in [1.29, 1.82) is 5.26 Å². The molecule has 0 saturated carbocycles. The van der Waals surface area contributed by atoms with Crippen molar-refractivity contribution < 1.29 is 4.52 Å². The molecule has 13 heavy (non-hydrogen) atoms. The normalized spacial score (nSPS) is 9.46. The molecule has 0 saturated heterocycles. The molecule has 1 N–H and O–H groups in total. The van der Waals surface area contributed by atoms with Crippen LogP contribution in [0.1, 0.15) is 0 Å². The molecule has 0 amide bonds. The molecule has 2 aromatic rings. The second-order valence-corrected chi connectivity index (χ2v) is 2.78. The Bertz CT molecular complexity index is 428. The Balaban J connectivity index is 2.42. The van der Waals surface area contributed by atoms with Gasteiger partial charge in [0.25, 0.3) is 5.88 Å². The van der Waals surface area contributed by atoms with Gasteiger partial charge in [-0.1, -0.05) is 0 Å². The van der Waals surface area contributed by atoms with Gasteiger partial charge in [-0.15, -0.1) is 16.4 Å². The number of anilines is 1. The van der Waals surface area contributed by atoms with E-state index in [1.54, 1.807) is 17.1 Å². The molecule has 0 aliphatic carbocycles. The van der Waals surface area contributed by atoms with E-state index in [1.165, 1.54) is 11.3 Å². The zero-order valence-corrected chi connectivity index (χ0v) is 7.08. The first-order valence-electron chi connectivity index (χ1n) is 3.28. The van der Waals surface area contributed by atoms with Gasteiger partial charge in [-0.05, 0) is 0 Å². The summed E-state index contributed by atoms with van der Waals surface area (Å²) in [4.78, 5) is 4.01. The Hall–Kier alpha value is -1.94. The lowest BCUT2D eigenvalue weighted by molar-refractivity contribution is 0.406. The van der Waals surface area contributed by atoms with Gasteiger partial charge >= 0.3 is 0 Å². The first-order chi connectivity index (χ1) is 6.42. The highest BCUT2D eigenvalue weighted by atomic mass is 32.1. The number of rotatable bonds is 2. The maximum Gasteiger partial charge on any atom is 0.268 e. The lowest BCUT2D eigenvalue weighted by atomic mass is 10.3. The van der Waals surface area contributed by atoms with Gasteiger partial charge in [-0.25, -0.2) is 4.98 Å². The van der Waals surface area contributed by atoms with Crippen LogP contribution < -0.4 is 5.32 Å². The number of nitrogens with zero attached hydrogens (tertiary/aromatic N) is 4. The van der Waals surface area contributed by atoms with Gasteiger partial charge < -0.3 is 4.52 Å². The SMILES string of the molecule is N#CNc1onnc1-c1cscn1. The minimum Gasteiger partial charge on any atom is -0.317 e. The van der Waals surface area contributed by atoms with Gasteiger partial charge in [0, 0.05) is 10.7 Å². The van der Waals surface area contributed by atoms with Crippen LogP contribution in [-0.2, 0) is 0 Å². The minimum absolute atomic E-state index is 0.216. The van der Waals surface area contributed by atoms with Crippen molar-refractivity contribution in [3.05, 3.63) is 10.9 Å². The zero-order valence-electron chi connectivity index (χ0n) is 6.26. The van der Waals surface area contributed by atoms with E-state index >= 15 is 0 Å². The van der Waals surface area contributed by atoms with E-state index < -0.39 is 0 Å². The van der Waals surface area contributed by atoms with Crippen molar-refractivity contribution >= 4 is 17.2 Å². The van der Waals surface area contributed by atoms with Gasteiger partial charge in [0.2, 0.25) is 0 Å². The molecule has 0 fully saturated rings. The summed E-state index contributed by atoms with van der Waals surface area (Å²) in [5.41, 5.74) is 2.76. The molecular weight excluding hydrogens is 190 g/mol. The van der Waals surface area contributed by atoms with E-state index in [0.29, 0.717) is 11.4 Å². The fourth-order valence-corrected chi connectivity index (χ4v) is 1.36. The van der Waals surface area contributed by atoms with Crippen LogP contribution >= 0.6 is 11.3 Å². The van der Waals surface area contributed by atoms with Crippen LogP contribution in [0.2, 0.25) is 0 Å². The predicted molar refractivity (Wildman–Crippen MR) is 44.6 cm³/mol. The van der Waals surface area contributed by atoms with Crippen molar-refractivity contribution in [1.82, 2.24) is 15.4 Å². The monoisotopic (exact) mass is 193 g/mol. The van der Waals surface area contributed by atoms with E-state index in [9.17, 15) is 0 Å². The first-order valence-corrected chi connectivity index (χ1v) is 4.22. The highest BCUT2D eigenvalue weighted by molar-refractivity contribution is 7.07. The average molecular weight is 193 g/mol. The van der Waals surface area contributed by atoms with Crippen LogP contribution in [0.15, 0.2) is 15.4 Å². The van der Waals surface area contributed by atoms with Gasteiger partial charge in [-0.3, -0.25) is 5.32 Å². The summed E-state index contributed by atoms with van der Waals surface area (Å²) in [6, 6.07) is 0. The molecule has 0 aliphatic heterocycles. The van der Waals surface area contributed by atoms with E-state index in [-0.39, 0.29) is 5.88 Å². The molecule has 0 atom stereocenters. The van der Waals surface area contributed by atoms with Crippen LogP contribution in [0.3, 0.4) is 0 Å². The highest BCUT2D eigenvalue weighted by Gasteiger charge is 2.13. The minimum atomic E-state index is 0.216. The third-order valence-corrected chi connectivity index (χ3v) is 1.92. The molecule has 6 nitrogen and oxygen atoms in total. The summed E-state index contributed by atoms with van der Waals surface area (Å²) in [5.74, 6) is 0.216. The number of nitrogens with one attached hydrogen (secondary N) is 1. The summed E-state index contributed by atoms with van der Waals surface area (Å²) in [6.07, 6.45) is 1.72.